The number of anilines is 1. The number of hydrogen-bond donors (Lipinski definition) is 2. The van der Waals surface area contributed by atoms with Crippen LogP contribution in [0.25, 0.3) is 0 Å². The number of fused-ring (bicyclic) bond motifs is 1. The van der Waals surface area contributed by atoms with Crippen LogP contribution in [0.2, 0.25) is 0 Å². The van der Waals surface area contributed by atoms with Gasteiger partial charge in [-0.15, -0.1) is 12.4 Å². The minimum absolute atomic E-state index is 0. The highest BCUT2D eigenvalue weighted by atomic mass is 35.5. The summed E-state index contributed by atoms with van der Waals surface area (Å²) in [6, 6.07) is 7.26. The van der Waals surface area contributed by atoms with Gasteiger partial charge in [0.1, 0.15) is 5.54 Å². The van der Waals surface area contributed by atoms with E-state index in [1.807, 2.05) is 18.3 Å². The number of nitrogens with zero attached hydrogens (tertiary/aromatic N) is 2. The van der Waals surface area contributed by atoms with Gasteiger partial charge in [-0.2, -0.15) is 5.10 Å². The average molecular weight is 351 g/mol. The molecule has 0 unspecified atom stereocenters. The molecular weight excluding hydrogens is 332 g/mol. The molecule has 2 aliphatic heterocycles. The fourth-order valence-electron chi connectivity index (χ4n) is 3.14. The van der Waals surface area contributed by atoms with E-state index < -0.39 is 5.54 Å². The third-order valence-corrected chi connectivity index (χ3v) is 4.43. The summed E-state index contributed by atoms with van der Waals surface area (Å²) in [4.78, 5) is 13.0. The maximum Gasteiger partial charge on any atom is 0.252 e. The molecule has 0 saturated carbocycles. The van der Waals surface area contributed by atoms with E-state index in [4.69, 9.17) is 9.47 Å². The van der Waals surface area contributed by atoms with E-state index in [1.54, 1.807) is 23.0 Å². The zero-order chi connectivity index (χ0) is 15.7. The van der Waals surface area contributed by atoms with Gasteiger partial charge in [0.2, 0.25) is 6.79 Å². The molecule has 2 N–H and O–H groups in total. The van der Waals surface area contributed by atoms with Crippen molar-refractivity contribution in [2.75, 3.05) is 25.2 Å². The summed E-state index contributed by atoms with van der Waals surface area (Å²) in [7, 11) is 0. The lowest BCUT2D eigenvalue weighted by atomic mass is 9.87. The smallest absolute Gasteiger partial charge is 0.252 e. The molecule has 1 aromatic heterocycles. The molecule has 0 bridgehead atoms. The van der Waals surface area contributed by atoms with Crippen LogP contribution < -0.4 is 20.1 Å². The predicted molar refractivity (Wildman–Crippen MR) is 90.7 cm³/mol. The second kappa shape index (κ2) is 6.70. The van der Waals surface area contributed by atoms with Crippen molar-refractivity contribution in [1.82, 2.24) is 15.1 Å². The Balaban J connectivity index is 0.00000169. The van der Waals surface area contributed by atoms with E-state index >= 15 is 0 Å². The number of nitrogens with one attached hydrogen (secondary N) is 2. The summed E-state index contributed by atoms with van der Waals surface area (Å²) in [5.41, 5.74) is 0.0369. The molecule has 3 heterocycles. The molecule has 1 aromatic carbocycles. The minimum Gasteiger partial charge on any atom is -0.454 e. The van der Waals surface area contributed by atoms with Gasteiger partial charge in [0.25, 0.3) is 5.91 Å². The summed E-state index contributed by atoms with van der Waals surface area (Å²) < 4.78 is 12.4. The molecule has 8 heteroatoms. The Bertz CT molecular complexity index is 714. The molecule has 1 saturated heterocycles. The Morgan fingerprint density at radius 2 is 2.04 bits per heavy atom. The summed E-state index contributed by atoms with van der Waals surface area (Å²) in [6.45, 7) is 1.79. The highest BCUT2D eigenvalue weighted by Gasteiger charge is 2.42. The Morgan fingerprint density at radius 3 is 2.79 bits per heavy atom. The summed E-state index contributed by atoms with van der Waals surface area (Å²) in [5, 5.41) is 10.6. The zero-order valence-corrected chi connectivity index (χ0v) is 13.8. The molecule has 128 valence electrons. The van der Waals surface area contributed by atoms with Crippen molar-refractivity contribution < 1.29 is 14.3 Å². The molecule has 2 aliphatic rings. The van der Waals surface area contributed by atoms with E-state index in [-0.39, 0.29) is 25.1 Å². The van der Waals surface area contributed by atoms with Crippen LogP contribution in [0.15, 0.2) is 36.7 Å². The van der Waals surface area contributed by atoms with Crippen LogP contribution >= 0.6 is 12.4 Å². The highest BCUT2D eigenvalue weighted by molar-refractivity contribution is 5.97. The minimum atomic E-state index is -0.662. The van der Waals surface area contributed by atoms with Gasteiger partial charge in [-0.1, -0.05) is 0 Å². The largest absolute Gasteiger partial charge is 0.454 e. The third-order valence-electron chi connectivity index (χ3n) is 4.43. The number of aromatic nitrogens is 2. The normalized spacial score (nSPS) is 17.8. The van der Waals surface area contributed by atoms with Crippen molar-refractivity contribution in [3.8, 4) is 11.5 Å². The first-order valence-electron chi connectivity index (χ1n) is 7.70. The number of benzene rings is 1. The van der Waals surface area contributed by atoms with Gasteiger partial charge < -0.3 is 20.1 Å². The number of rotatable bonds is 3. The molecule has 1 fully saturated rings. The standard InChI is InChI=1S/C16H18N4O3.ClH/c21-15(19-12-2-3-13-14(10-12)23-11-22-13)16(4-7-17-8-5-16)20-9-1-6-18-20;/h1-3,6,9-10,17H,4-5,7-8,11H2,(H,19,21);1H. The lowest BCUT2D eigenvalue weighted by molar-refractivity contribution is -0.126. The molecular formula is C16H19ClN4O3. The van der Waals surface area contributed by atoms with Crippen LogP contribution in [0.3, 0.4) is 0 Å². The number of piperidine rings is 1. The monoisotopic (exact) mass is 350 g/mol. The molecule has 0 radical (unpaired) electrons. The predicted octanol–water partition coefficient (Wildman–Crippen LogP) is 1.75. The fourth-order valence-corrected chi connectivity index (χ4v) is 3.14. The van der Waals surface area contributed by atoms with Gasteiger partial charge in [0.05, 0.1) is 0 Å². The number of carbonyl (C=O) groups is 1. The van der Waals surface area contributed by atoms with Gasteiger partial charge in [-0.05, 0) is 44.1 Å². The van der Waals surface area contributed by atoms with E-state index in [0.29, 0.717) is 30.0 Å². The molecule has 2 aromatic rings. The van der Waals surface area contributed by atoms with Gasteiger partial charge in [-0.3, -0.25) is 9.48 Å². The second-order valence-corrected chi connectivity index (χ2v) is 5.75. The number of ether oxygens (including phenoxy) is 2. The first-order chi connectivity index (χ1) is 11.3. The Labute approximate surface area is 145 Å². The average Bonchev–Trinajstić information content (AvgIpc) is 3.27. The first-order valence-corrected chi connectivity index (χ1v) is 7.70. The molecule has 0 spiro atoms. The second-order valence-electron chi connectivity index (χ2n) is 5.75. The van der Waals surface area contributed by atoms with Gasteiger partial charge in [0, 0.05) is 24.1 Å². The van der Waals surface area contributed by atoms with E-state index in [0.717, 1.165) is 13.1 Å². The third kappa shape index (κ3) is 2.81. The van der Waals surface area contributed by atoms with E-state index in [9.17, 15) is 4.79 Å². The Morgan fingerprint density at radius 1 is 1.25 bits per heavy atom. The van der Waals surface area contributed by atoms with Crippen molar-refractivity contribution in [3.63, 3.8) is 0 Å². The van der Waals surface area contributed by atoms with E-state index in [1.165, 1.54) is 0 Å². The maximum absolute atomic E-state index is 13.0. The van der Waals surface area contributed by atoms with Crippen molar-refractivity contribution >= 4 is 24.0 Å². The topological polar surface area (TPSA) is 77.4 Å². The molecule has 7 nitrogen and oxygen atoms in total. The van der Waals surface area contributed by atoms with Crippen LogP contribution in [0.4, 0.5) is 5.69 Å². The van der Waals surface area contributed by atoms with Gasteiger partial charge in [0.15, 0.2) is 11.5 Å². The van der Waals surface area contributed by atoms with Crippen LogP contribution in [0, 0.1) is 0 Å². The highest BCUT2D eigenvalue weighted by Crippen LogP contribution is 2.35. The number of halogens is 1. The zero-order valence-electron chi connectivity index (χ0n) is 13.0. The van der Waals surface area contributed by atoms with Crippen LogP contribution in [0.5, 0.6) is 11.5 Å². The molecule has 1 amide bonds. The van der Waals surface area contributed by atoms with Crippen molar-refractivity contribution in [2.24, 2.45) is 0 Å². The van der Waals surface area contributed by atoms with Gasteiger partial charge in [-0.25, -0.2) is 0 Å². The quantitative estimate of drug-likeness (QED) is 0.882. The molecule has 0 atom stereocenters. The van der Waals surface area contributed by atoms with Crippen molar-refractivity contribution in [3.05, 3.63) is 36.7 Å². The molecule has 0 aliphatic carbocycles. The van der Waals surface area contributed by atoms with Crippen LogP contribution in [-0.2, 0) is 10.3 Å². The number of hydrogen-bond acceptors (Lipinski definition) is 5. The van der Waals surface area contributed by atoms with E-state index in [2.05, 4.69) is 15.7 Å². The SMILES string of the molecule is Cl.O=C(Nc1ccc2c(c1)OCO2)C1(n2cccn2)CCNCC1. The maximum atomic E-state index is 13.0. The van der Waals surface area contributed by atoms with Crippen LogP contribution in [-0.4, -0.2) is 35.6 Å². The van der Waals surface area contributed by atoms with Crippen LogP contribution in [0.1, 0.15) is 12.8 Å². The number of carbonyl (C=O) groups excluding carboxylic acids is 1. The number of amides is 1. The first kappa shape index (κ1) is 16.6. The summed E-state index contributed by atoms with van der Waals surface area (Å²) >= 11 is 0. The van der Waals surface area contributed by atoms with Crippen molar-refractivity contribution in [2.45, 2.75) is 18.4 Å². The molecule has 4 rings (SSSR count). The fraction of sp³-hybridized carbons (Fsp3) is 0.375. The lowest BCUT2D eigenvalue weighted by Gasteiger charge is -2.36. The van der Waals surface area contributed by atoms with Gasteiger partial charge >= 0.3 is 0 Å². The van der Waals surface area contributed by atoms with Crippen molar-refractivity contribution in [1.29, 1.82) is 0 Å². The molecule has 24 heavy (non-hydrogen) atoms. The lowest BCUT2D eigenvalue weighted by Crippen LogP contribution is -2.52. The summed E-state index contributed by atoms with van der Waals surface area (Å²) in [6.07, 6.45) is 4.96. The Kier molecular flexibility index (Phi) is 4.64. The Hall–Kier alpha value is -2.25. The summed E-state index contributed by atoms with van der Waals surface area (Å²) in [5.74, 6) is 1.30.